The Labute approximate surface area is 167 Å². The molecule has 1 saturated heterocycles. The number of amides is 1. The third kappa shape index (κ3) is 4.92. The van der Waals surface area contributed by atoms with Crippen LogP contribution in [0.3, 0.4) is 0 Å². The van der Waals surface area contributed by atoms with Gasteiger partial charge in [-0.05, 0) is 30.7 Å². The summed E-state index contributed by atoms with van der Waals surface area (Å²) in [7, 11) is -1.83. The van der Waals surface area contributed by atoms with Gasteiger partial charge in [0.05, 0.1) is 24.2 Å². The van der Waals surface area contributed by atoms with Crippen LogP contribution in [-0.4, -0.2) is 45.0 Å². The number of rotatable bonds is 5. The standard InChI is InChI=1S/C20H18N2O6S/c1-27-20(24)14-4-2-13(3-5-14)18-7-6-17(28-18)10-15(11-21)19(23)22-16-8-9-29(25,26)12-16/h2-7,10,16H,8-9,12H2,1H3,(H,22,23)/b15-10+/t16-/m0/s1. The lowest BCUT2D eigenvalue weighted by Gasteiger charge is -2.09. The Morgan fingerprint density at radius 3 is 2.55 bits per heavy atom. The molecule has 0 aliphatic carbocycles. The molecule has 1 aromatic carbocycles. The van der Waals surface area contributed by atoms with Crippen molar-refractivity contribution >= 4 is 27.8 Å². The number of hydrogen-bond donors (Lipinski definition) is 1. The fourth-order valence-electron chi connectivity index (χ4n) is 2.94. The largest absolute Gasteiger partial charge is 0.465 e. The minimum atomic E-state index is -3.13. The number of benzene rings is 1. The molecule has 3 rings (SSSR count). The van der Waals surface area contributed by atoms with Crippen molar-refractivity contribution in [3.8, 4) is 17.4 Å². The maximum absolute atomic E-state index is 12.3. The summed E-state index contributed by atoms with van der Waals surface area (Å²) in [5.41, 5.74) is 0.924. The topological polar surface area (TPSA) is 126 Å². The predicted octanol–water partition coefficient (Wildman–Crippen LogP) is 1.94. The van der Waals surface area contributed by atoms with Crippen LogP contribution in [0.25, 0.3) is 17.4 Å². The van der Waals surface area contributed by atoms with Gasteiger partial charge in [0.25, 0.3) is 5.91 Å². The van der Waals surface area contributed by atoms with Crippen LogP contribution in [0.5, 0.6) is 0 Å². The molecule has 150 valence electrons. The van der Waals surface area contributed by atoms with Crippen molar-refractivity contribution in [2.45, 2.75) is 12.5 Å². The lowest BCUT2D eigenvalue weighted by Crippen LogP contribution is -2.36. The van der Waals surface area contributed by atoms with E-state index in [1.807, 2.05) is 6.07 Å². The fraction of sp³-hybridized carbons (Fsp3) is 0.250. The average Bonchev–Trinajstić information content (AvgIpc) is 3.31. The molecule has 1 N–H and O–H groups in total. The quantitative estimate of drug-likeness (QED) is 0.450. The molecular formula is C20H18N2O6S. The number of hydrogen-bond acceptors (Lipinski definition) is 7. The number of nitrogens with zero attached hydrogens (tertiary/aromatic N) is 1. The van der Waals surface area contributed by atoms with Crippen LogP contribution in [0.15, 0.2) is 46.4 Å². The fourth-order valence-corrected chi connectivity index (χ4v) is 4.61. The van der Waals surface area contributed by atoms with E-state index in [2.05, 4.69) is 10.1 Å². The van der Waals surface area contributed by atoms with Gasteiger partial charge >= 0.3 is 5.97 Å². The SMILES string of the molecule is COC(=O)c1ccc(-c2ccc(/C=C(\C#N)C(=O)N[C@H]3CCS(=O)(=O)C3)o2)cc1. The normalized spacial score (nSPS) is 18.1. The van der Waals surface area contributed by atoms with Crippen molar-refractivity contribution in [3.63, 3.8) is 0 Å². The Hall–Kier alpha value is -3.38. The van der Waals surface area contributed by atoms with Gasteiger partial charge in [0.2, 0.25) is 0 Å². The molecule has 0 bridgehead atoms. The molecular weight excluding hydrogens is 396 g/mol. The lowest BCUT2D eigenvalue weighted by molar-refractivity contribution is -0.117. The average molecular weight is 414 g/mol. The first-order chi connectivity index (χ1) is 13.8. The van der Waals surface area contributed by atoms with Crippen molar-refractivity contribution in [1.82, 2.24) is 5.32 Å². The number of nitriles is 1. The number of carbonyl (C=O) groups excluding carboxylic acids is 2. The molecule has 0 radical (unpaired) electrons. The first kappa shape index (κ1) is 20.4. The Balaban J connectivity index is 1.73. The van der Waals surface area contributed by atoms with Crippen LogP contribution >= 0.6 is 0 Å². The highest BCUT2D eigenvalue weighted by atomic mass is 32.2. The molecule has 2 heterocycles. The molecule has 1 aromatic heterocycles. The number of furan rings is 1. The summed E-state index contributed by atoms with van der Waals surface area (Å²) in [6.45, 7) is 0. The third-order valence-corrected chi connectivity index (χ3v) is 6.20. The van der Waals surface area contributed by atoms with E-state index in [0.717, 1.165) is 0 Å². The summed E-state index contributed by atoms with van der Waals surface area (Å²) in [5.74, 6) is -0.395. The van der Waals surface area contributed by atoms with E-state index in [4.69, 9.17) is 4.42 Å². The minimum Gasteiger partial charge on any atom is -0.465 e. The molecule has 0 spiro atoms. The van der Waals surface area contributed by atoms with Crippen molar-refractivity contribution in [2.24, 2.45) is 0 Å². The molecule has 2 aromatic rings. The molecule has 0 saturated carbocycles. The Bertz CT molecular complexity index is 1110. The Kier molecular flexibility index (Phi) is 5.84. The molecule has 0 unspecified atom stereocenters. The zero-order valence-corrected chi connectivity index (χ0v) is 16.4. The van der Waals surface area contributed by atoms with Gasteiger partial charge in [-0.25, -0.2) is 13.2 Å². The molecule has 1 fully saturated rings. The zero-order chi connectivity index (χ0) is 21.0. The van der Waals surface area contributed by atoms with Gasteiger partial charge in [-0.2, -0.15) is 5.26 Å². The van der Waals surface area contributed by atoms with Crippen molar-refractivity contribution in [3.05, 3.63) is 53.3 Å². The van der Waals surface area contributed by atoms with Crippen molar-refractivity contribution in [1.29, 1.82) is 5.26 Å². The lowest BCUT2D eigenvalue weighted by atomic mass is 10.1. The molecule has 8 nitrogen and oxygen atoms in total. The second kappa shape index (κ2) is 8.32. The van der Waals surface area contributed by atoms with Gasteiger partial charge in [0.1, 0.15) is 23.2 Å². The molecule has 1 atom stereocenters. The maximum Gasteiger partial charge on any atom is 0.337 e. The number of methoxy groups -OCH3 is 1. The number of sulfone groups is 1. The van der Waals surface area contributed by atoms with Crippen LogP contribution in [0.1, 0.15) is 22.5 Å². The molecule has 1 amide bonds. The summed E-state index contributed by atoms with van der Waals surface area (Å²) in [4.78, 5) is 23.8. The van der Waals surface area contributed by atoms with Crippen LogP contribution in [0, 0.1) is 11.3 Å². The zero-order valence-electron chi connectivity index (χ0n) is 15.5. The summed E-state index contributed by atoms with van der Waals surface area (Å²) in [6.07, 6.45) is 1.63. The van der Waals surface area contributed by atoms with E-state index in [0.29, 0.717) is 29.1 Å². The van der Waals surface area contributed by atoms with Crippen LogP contribution in [0.4, 0.5) is 0 Å². The van der Waals surface area contributed by atoms with Gasteiger partial charge in [0, 0.05) is 17.7 Å². The van der Waals surface area contributed by atoms with E-state index in [-0.39, 0.29) is 17.1 Å². The smallest absolute Gasteiger partial charge is 0.337 e. The number of esters is 1. The van der Waals surface area contributed by atoms with Crippen LogP contribution < -0.4 is 5.32 Å². The Morgan fingerprint density at radius 2 is 1.97 bits per heavy atom. The summed E-state index contributed by atoms with van der Waals surface area (Å²) < 4.78 is 33.3. The van der Waals surface area contributed by atoms with Gasteiger partial charge in [0.15, 0.2) is 9.84 Å². The van der Waals surface area contributed by atoms with E-state index in [9.17, 15) is 23.3 Å². The van der Waals surface area contributed by atoms with E-state index < -0.39 is 27.8 Å². The second-order valence-electron chi connectivity index (χ2n) is 6.51. The summed E-state index contributed by atoms with van der Waals surface area (Å²) in [6, 6.07) is 11.2. The van der Waals surface area contributed by atoms with Crippen molar-refractivity contribution < 1.29 is 27.2 Å². The minimum absolute atomic E-state index is 0.0276. The van der Waals surface area contributed by atoms with E-state index in [1.165, 1.54) is 13.2 Å². The molecule has 9 heteroatoms. The highest BCUT2D eigenvalue weighted by Crippen LogP contribution is 2.24. The number of ether oxygens (including phenoxy) is 1. The van der Waals surface area contributed by atoms with Crippen molar-refractivity contribution in [2.75, 3.05) is 18.6 Å². The highest BCUT2D eigenvalue weighted by Gasteiger charge is 2.29. The monoisotopic (exact) mass is 414 g/mol. The predicted molar refractivity (Wildman–Crippen MR) is 104 cm³/mol. The van der Waals surface area contributed by atoms with E-state index in [1.54, 1.807) is 36.4 Å². The number of carbonyl (C=O) groups is 2. The first-order valence-electron chi connectivity index (χ1n) is 8.73. The summed E-state index contributed by atoms with van der Waals surface area (Å²) in [5, 5.41) is 11.9. The molecule has 29 heavy (non-hydrogen) atoms. The molecule has 1 aliphatic heterocycles. The maximum atomic E-state index is 12.3. The van der Waals surface area contributed by atoms with Crippen LogP contribution in [0.2, 0.25) is 0 Å². The number of nitrogens with one attached hydrogen (secondary N) is 1. The second-order valence-corrected chi connectivity index (χ2v) is 8.74. The summed E-state index contributed by atoms with van der Waals surface area (Å²) >= 11 is 0. The highest BCUT2D eigenvalue weighted by molar-refractivity contribution is 7.91. The third-order valence-electron chi connectivity index (χ3n) is 4.44. The van der Waals surface area contributed by atoms with Gasteiger partial charge in [-0.3, -0.25) is 4.79 Å². The first-order valence-corrected chi connectivity index (χ1v) is 10.5. The van der Waals surface area contributed by atoms with Gasteiger partial charge < -0.3 is 14.5 Å². The van der Waals surface area contributed by atoms with Gasteiger partial charge in [-0.1, -0.05) is 12.1 Å². The van der Waals surface area contributed by atoms with Crippen LogP contribution in [-0.2, 0) is 19.4 Å². The Morgan fingerprint density at radius 1 is 1.24 bits per heavy atom. The molecule has 1 aliphatic rings. The van der Waals surface area contributed by atoms with E-state index >= 15 is 0 Å². The van der Waals surface area contributed by atoms with Gasteiger partial charge in [-0.15, -0.1) is 0 Å².